The van der Waals surface area contributed by atoms with Crippen LogP contribution in [0.1, 0.15) is 64.1 Å². The van der Waals surface area contributed by atoms with Gasteiger partial charge in [-0.25, -0.2) is 0 Å². The molecule has 1 aromatic heterocycles. The van der Waals surface area contributed by atoms with E-state index in [2.05, 4.69) is 21.7 Å². The van der Waals surface area contributed by atoms with Gasteiger partial charge in [-0.2, -0.15) is 0 Å². The van der Waals surface area contributed by atoms with Gasteiger partial charge in [0.15, 0.2) is 5.82 Å². The molecule has 1 aliphatic heterocycles. The first-order chi connectivity index (χ1) is 9.94. The number of hydrogen-bond acceptors (Lipinski definition) is 4. The molecular formula is C15H24N4O2. The van der Waals surface area contributed by atoms with Crippen molar-refractivity contribution >= 4 is 5.91 Å². The highest BCUT2D eigenvalue weighted by molar-refractivity contribution is 5.84. The summed E-state index contributed by atoms with van der Waals surface area (Å²) in [5, 5.41) is 8.65. The van der Waals surface area contributed by atoms with Crippen LogP contribution in [0.15, 0.2) is 0 Å². The summed E-state index contributed by atoms with van der Waals surface area (Å²) in [7, 11) is 0. The maximum absolute atomic E-state index is 12.7. The highest BCUT2D eigenvalue weighted by Crippen LogP contribution is 2.41. The van der Waals surface area contributed by atoms with Gasteiger partial charge in [-0.3, -0.25) is 4.79 Å². The molecule has 1 atom stereocenters. The van der Waals surface area contributed by atoms with Crippen molar-refractivity contribution in [3.63, 3.8) is 0 Å². The number of carbonyl (C=O) groups is 1. The molecule has 0 spiro atoms. The van der Waals surface area contributed by atoms with E-state index in [0.717, 1.165) is 11.6 Å². The average Bonchev–Trinajstić information content (AvgIpc) is 3.17. The van der Waals surface area contributed by atoms with Crippen molar-refractivity contribution in [3.05, 3.63) is 11.6 Å². The third kappa shape index (κ3) is 2.57. The van der Waals surface area contributed by atoms with Crippen LogP contribution >= 0.6 is 0 Å². The van der Waals surface area contributed by atoms with Gasteiger partial charge < -0.3 is 14.2 Å². The molecule has 1 aromatic rings. The van der Waals surface area contributed by atoms with E-state index in [1.165, 1.54) is 12.8 Å². The van der Waals surface area contributed by atoms with E-state index in [9.17, 15) is 4.79 Å². The Hall–Kier alpha value is -1.43. The summed E-state index contributed by atoms with van der Waals surface area (Å²) in [5.41, 5.74) is -0.782. The second kappa shape index (κ2) is 5.09. The summed E-state index contributed by atoms with van der Waals surface area (Å²) in [6.07, 6.45) is 2.43. The first kappa shape index (κ1) is 14.5. The lowest BCUT2D eigenvalue weighted by Gasteiger charge is -2.37. The lowest BCUT2D eigenvalue weighted by Crippen LogP contribution is -2.50. The van der Waals surface area contributed by atoms with Crippen LogP contribution < -0.4 is 0 Å². The van der Waals surface area contributed by atoms with E-state index >= 15 is 0 Å². The zero-order valence-electron chi connectivity index (χ0n) is 13.3. The van der Waals surface area contributed by atoms with E-state index in [1.54, 1.807) is 0 Å². The molecule has 0 unspecified atom stereocenters. The third-order valence-corrected chi connectivity index (χ3v) is 4.30. The number of carbonyl (C=O) groups excluding carboxylic acids is 1. The van der Waals surface area contributed by atoms with Crippen LogP contribution in [0.2, 0.25) is 0 Å². The summed E-state index contributed by atoms with van der Waals surface area (Å²) in [6, 6.07) is 0.223. The molecule has 6 heteroatoms. The maximum Gasteiger partial charge on any atom is 0.254 e. The fourth-order valence-electron chi connectivity index (χ4n) is 3.14. The molecule has 6 nitrogen and oxygen atoms in total. The predicted octanol–water partition coefficient (Wildman–Crippen LogP) is 1.87. The molecular weight excluding hydrogens is 268 g/mol. The van der Waals surface area contributed by atoms with E-state index in [0.29, 0.717) is 25.6 Å². The molecule has 2 heterocycles. The standard InChI is InChI=1S/C15H24N4O2/c1-5-21-15(3,4)14(20)18-8-10(2)19-12(9-18)16-17-13(19)11-6-7-11/h10-11H,5-9H2,1-4H3/t10-/m0/s1. The normalized spacial score (nSPS) is 22.3. The monoisotopic (exact) mass is 292 g/mol. The van der Waals surface area contributed by atoms with Gasteiger partial charge in [-0.05, 0) is 40.5 Å². The van der Waals surface area contributed by atoms with Gasteiger partial charge in [-0.15, -0.1) is 10.2 Å². The van der Waals surface area contributed by atoms with Gasteiger partial charge in [0.1, 0.15) is 11.4 Å². The number of ether oxygens (including phenoxy) is 1. The second-order valence-corrected chi connectivity index (χ2v) is 6.60. The molecule has 1 aliphatic carbocycles. The summed E-state index contributed by atoms with van der Waals surface area (Å²) in [5.74, 6) is 2.61. The SMILES string of the molecule is CCOC(C)(C)C(=O)N1Cc2nnc(C3CC3)n2[C@@H](C)C1. The molecule has 0 aromatic carbocycles. The van der Waals surface area contributed by atoms with Crippen molar-refractivity contribution in [2.24, 2.45) is 0 Å². The summed E-state index contributed by atoms with van der Waals surface area (Å²) >= 11 is 0. The first-order valence-electron chi connectivity index (χ1n) is 7.81. The van der Waals surface area contributed by atoms with Crippen LogP contribution in [0.25, 0.3) is 0 Å². The van der Waals surface area contributed by atoms with Crippen molar-refractivity contribution in [1.82, 2.24) is 19.7 Å². The molecule has 1 fully saturated rings. The van der Waals surface area contributed by atoms with Crippen molar-refractivity contribution in [3.8, 4) is 0 Å². The molecule has 2 aliphatic rings. The van der Waals surface area contributed by atoms with Gasteiger partial charge in [-0.1, -0.05) is 0 Å². The highest BCUT2D eigenvalue weighted by Gasteiger charge is 2.39. The molecule has 1 saturated carbocycles. The number of rotatable bonds is 4. The van der Waals surface area contributed by atoms with Crippen LogP contribution in [-0.4, -0.2) is 44.3 Å². The third-order valence-electron chi connectivity index (χ3n) is 4.30. The van der Waals surface area contributed by atoms with Crippen molar-refractivity contribution in [2.75, 3.05) is 13.2 Å². The van der Waals surface area contributed by atoms with E-state index < -0.39 is 5.60 Å². The smallest absolute Gasteiger partial charge is 0.254 e. The van der Waals surface area contributed by atoms with Crippen LogP contribution in [0.3, 0.4) is 0 Å². The minimum absolute atomic E-state index is 0.0263. The topological polar surface area (TPSA) is 60.2 Å². The average molecular weight is 292 g/mol. The van der Waals surface area contributed by atoms with E-state index in [-0.39, 0.29) is 11.9 Å². The largest absolute Gasteiger partial charge is 0.366 e. The van der Waals surface area contributed by atoms with Crippen molar-refractivity contribution in [2.45, 2.75) is 64.6 Å². The first-order valence-corrected chi connectivity index (χ1v) is 7.81. The molecule has 0 saturated heterocycles. The fraction of sp³-hybridized carbons (Fsp3) is 0.800. The quantitative estimate of drug-likeness (QED) is 0.850. The van der Waals surface area contributed by atoms with Crippen molar-refractivity contribution < 1.29 is 9.53 Å². The number of amides is 1. The summed E-state index contributed by atoms with van der Waals surface area (Å²) < 4.78 is 7.82. The zero-order chi connectivity index (χ0) is 15.2. The van der Waals surface area contributed by atoms with Crippen molar-refractivity contribution in [1.29, 1.82) is 0 Å². The van der Waals surface area contributed by atoms with Gasteiger partial charge in [0.05, 0.1) is 12.6 Å². The van der Waals surface area contributed by atoms with Crippen LogP contribution in [0.5, 0.6) is 0 Å². The highest BCUT2D eigenvalue weighted by atomic mass is 16.5. The Balaban J connectivity index is 1.80. The Labute approximate surface area is 125 Å². The second-order valence-electron chi connectivity index (χ2n) is 6.60. The molecule has 0 radical (unpaired) electrons. The minimum Gasteiger partial charge on any atom is -0.366 e. The molecule has 3 rings (SSSR count). The summed E-state index contributed by atoms with van der Waals surface area (Å²) in [4.78, 5) is 14.5. The molecule has 1 amide bonds. The fourth-order valence-corrected chi connectivity index (χ4v) is 3.14. The number of fused-ring (bicyclic) bond motifs is 1. The minimum atomic E-state index is -0.782. The zero-order valence-corrected chi connectivity index (χ0v) is 13.3. The Kier molecular flexibility index (Phi) is 3.51. The van der Waals surface area contributed by atoms with Gasteiger partial charge in [0.25, 0.3) is 5.91 Å². The molecule has 116 valence electrons. The Morgan fingerprint density at radius 2 is 2.10 bits per heavy atom. The maximum atomic E-state index is 12.7. The summed E-state index contributed by atoms with van der Waals surface area (Å²) in [6.45, 7) is 9.46. The Morgan fingerprint density at radius 1 is 1.38 bits per heavy atom. The number of hydrogen-bond donors (Lipinski definition) is 0. The molecule has 0 bridgehead atoms. The lowest BCUT2D eigenvalue weighted by molar-refractivity contribution is -0.155. The Bertz CT molecular complexity index is 548. The Morgan fingerprint density at radius 3 is 2.71 bits per heavy atom. The molecule has 21 heavy (non-hydrogen) atoms. The van der Waals surface area contributed by atoms with Crippen LogP contribution in [0.4, 0.5) is 0 Å². The van der Waals surface area contributed by atoms with Crippen LogP contribution in [0, 0.1) is 0 Å². The molecule has 0 N–H and O–H groups in total. The van der Waals surface area contributed by atoms with Crippen LogP contribution in [-0.2, 0) is 16.1 Å². The number of aromatic nitrogens is 3. The number of nitrogens with zero attached hydrogens (tertiary/aromatic N) is 4. The van der Waals surface area contributed by atoms with E-state index in [1.807, 2.05) is 25.7 Å². The van der Waals surface area contributed by atoms with Gasteiger partial charge in [0.2, 0.25) is 0 Å². The predicted molar refractivity (Wildman–Crippen MR) is 77.8 cm³/mol. The van der Waals surface area contributed by atoms with Gasteiger partial charge in [0, 0.05) is 19.1 Å². The van der Waals surface area contributed by atoms with Gasteiger partial charge >= 0.3 is 0 Å². The lowest BCUT2D eigenvalue weighted by atomic mass is 10.1. The van der Waals surface area contributed by atoms with E-state index in [4.69, 9.17) is 4.74 Å².